The number of nitrogens with one attached hydrogen (secondary N) is 1. The number of ether oxygens (including phenoxy) is 1. The molecule has 0 bridgehead atoms. The minimum atomic E-state index is -0.186. The Balaban J connectivity index is 2.13. The zero-order valence-corrected chi connectivity index (χ0v) is 11.4. The van der Waals surface area contributed by atoms with Crippen molar-refractivity contribution in [2.45, 2.75) is 45.8 Å². The Hall–Kier alpha value is -0.930. The van der Waals surface area contributed by atoms with E-state index in [9.17, 15) is 4.39 Å². The first-order valence-corrected chi connectivity index (χ1v) is 6.79. The summed E-state index contributed by atoms with van der Waals surface area (Å²) < 4.78 is 19.0. The largest absolute Gasteiger partial charge is 0.374 e. The molecule has 0 radical (unpaired) electrons. The lowest BCUT2D eigenvalue weighted by molar-refractivity contribution is 0.0448. The van der Waals surface area contributed by atoms with E-state index in [0.717, 1.165) is 25.9 Å². The van der Waals surface area contributed by atoms with Gasteiger partial charge in [0.2, 0.25) is 0 Å². The van der Waals surface area contributed by atoms with E-state index in [1.807, 2.05) is 13.0 Å². The van der Waals surface area contributed by atoms with Gasteiger partial charge < -0.3 is 10.1 Å². The summed E-state index contributed by atoms with van der Waals surface area (Å²) in [5.41, 5.74) is 0.633. The molecule has 0 aliphatic heterocycles. The Morgan fingerprint density at radius 1 is 1.28 bits per heavy atom. The first kappa shape index (κ1) is 15.1. The summed E-state index contributed by atoms with van der Waals surface area (Å²) in [5, 5.41) is 3.36. The van der Waals surface area contributed by atoms with Crippen LogP contribution in [0.15, 0.2) is 24.3 Å². The van der Waals surface area contributed by atoms with Crippen LogP contribution < -0.4 is 5.32 Å². The van der Waals surface area contributed by atoms with Crippen LogP contribution in [0.5, 0.6) is 0 Å². The van der Waals surface area contributed by atoms with Gasteiger partial charge in [0.25, 0.3) is 0 Å². The van der Waals surface area contributed by atoms with Gasteiger partial charge >= 0.3 is 0 Å². The number of hydrogen-bond donors (Lipinski definition) is 1. The standard InChI is InChI=1S/C15H24FNO/c1-3-10-17-11-6-7-13(2)18-12-14-8-4-5-9-15(14)16/h4-5,8-9,13,17H,3,6-7,10-12H2,1-2H3. The van der Waals surface area contributed by atoms with Crippen molar-refractivity contribution in [3.8, 4) is 0 Å². The molecule has 0 amide bonds. The minimum absolute atomic E-state index is 0.174. The van der Waals surface area contributed by atoms with Gasteiger partial charge in [0.1, 0.15) is 5.82 Å². The molecule has 1 unspecified atom stereocenters. The van der Waals surface area contributed by atoms with E-state index < -0.39 is 0 Å². The Labute approximate surface area is 110 Å². The Morgan fingerprint density at radius 2 is 2.06 bits per heavy atom. The summed E-state index contributed by atoms with van der Waals surface area (Å²) in [5.74, 6) is -0.186. The summed E-state index contributed by atoms with van der Waals surface area (Å²) in [7, 11) is 0. The topological polar surface area (TPSA) is 21.3 Å². The molecule has 0 aliphatic rings. The average molecular weight is 253 g/mol. The van der Waals surface area contributed by atoms with Gasteiger partial charge in [0.05, 0.1) is 12.7 Å². The van der Waals surface area contributed by atoms with Gasteiger partial charge in [-0.25, -0.2) is 4.39 Å². The molecule has 0 aromatic heterocycles. The summed E-state index contributed by atoms with van der Waals surface area (Å²) in [6.07, 6.45) is 3.44. The number of rotatable bonds is 9. The fraction of sp³-hybridized carbons (Fsp3) is 0.600. The van der Waals surface area contributed by atoms with E-state index >= 15 is 0 Å². The highest BCUT2D eigenvalue weighted by molar-refractivity contribution is 5.16. The number of hydrogen-bond acceptors (Lipinski definition) is 2. The predicted octanol–water partition coefficient (Wildman–Crippen LogP) is 3.51. The smallest absolute Gasteiger partial charge is 0.128 e. The van der Waals surface area contributed by atoms with Gasteiger partial charge in [0.15, 0.2) is 0 Å². The van der Waals surface area contributed by atoms with Crippen LogP contribution in [0, 0.1) is 5.82 Å². The van der Waals surface area contributed by atoms with E-state index in [2.05, 4.69) is 12.2 Å². The first-order chi connectivity index (χ1) is 8.74. The van der Waals surface area contributed by atoms with Crippen molar-refractivity contribution < 1.29 is 9.13 Å². The molecule has 0 aliphatic carbocycles. The molecule has 0 saturated heterocycles. The number of benzene rings is 1. The lowest BCUT2D eigenvalue weighted by Gasteiger charge is -2.13. The molecule has 102 valence electrons. The summed E-state index contributed by atoms with van der Waals surface area (Å²) in [6, 6.07) is 6.77. The molecule has 3 heteroatoms. The third-order valence-corrected chi connectivity index (χ3v) is 2.87. The minimum Gasteiger partial charge on any atom is -0.374 e. The van der Waals surface area contributed by atoms with Crippen LogP contribution in [0.2, 0.25) is 0 Å². The molecule has 2 nitrogen and oxygen atoms in total. The van der Waals surface area contributed by atoms with Gasteiger partial charge in [-0.05, 0) is 45.3 Å². The molecular formula is C15H24FNO. The predicted molar refractivity (Wildman–Crippen MR) is 73.0 cm³/mol. The van der Waals surface area contributed by atoms with Gasteiger partial charge in [-0.3, -0.25) is 0 Å². The van der Waals surface area contributed by atoms with E-state index in [1.165, 1.54) is 12.5 Å². The van der Waals surface area contributed by atoms with Crippen molar-refractivity contribution >= 4 is 0 Å². The van der Waals surface area contributed by atoms with Gasteiger partial charge in [-0.15, -0.1) is 0 Å². The molecule has 1 aromatic rings. The molecule has 1 aromatic carbocycles. The highest BCUT2D eigenvalue weighted by Crippen LogP contribution is 2.10. The maximum absolute atomic E-state index is 13.3. The molecule has 18 heavy (non-hydrogen) atoms. The molecule has 1 atom stereocenters. The fourth-order valence-electron chi connectivity index (χ4n) is 1.75. The van der Waals surface area contributed by atoms with Crippen LogP contribution in [0.1, 0.15) is 38.7 Å². The second kappa shape index (κ2) is 9.06. The van der Waals surface area contributed by atoms with Crippen molar-refractivity contribution in [3.63, 3.8) is 0 Å². The highest BCUT2D eigenvalue weighted by Gasteiger charge is 2.05. The van der Waals surface area contributed by atoms with Crippen molar-refractivity contribution in [1.82, 2.24) is 5.32 Å². The van der Waals surface area contributed by atoms with Crippen molar-refractivity contribution in [1.29, 1.82) is 0 Å². The lowest BCUT2D eigenvalue weighted by atomic mass is 10.2. The van der Waals surface area contributed by atoms with Gasteiger partial charge in [-0.2, -0.15) is 0 Å². The van der Waals surface area contributed by atoms with Crippen LogP contribution in [0.3, 0.4) is 0 Å². The fourth-order valence-corrected chi connectivity index (χ4v) is 1.75. The molecular weight excluding hydrogens is 229 g/mol. The van der Waals surface area contributed by atoms with Crippen LogP contribution in [-0.4, -0.2) is 19.2 Å². The SMILES string of the molecule is CCCNCCCC(C)OCc1ccccc1F. The summed E-state index contributed by atoms with van der Waals surface area (Å²) >= 11 is 0. The first-order valence-electron chi connectivity index (χ1n) is 6.79. The monoisotopic (exact) mass is 253 g/mol. The molecule has 1 rings (SSSR count). The number of halogens is 1. The lowest BCUT2D eigenvalue weighted by Crippen LogP contribution is -2.18. The van der Waals surface area contributed by atoms with Crippen LogP contribution in [0.25, 0.3) is 0 Å². The molecule has 0 fully saturated rings. The average Bonchev–Trinajstić information content (AvgIpc) is 2.37. The van der Waals surface area contributed by atoms with Crippen LogP contribution in [0.4, 0.5) is 4.39 Å². The third kappa shape index (κ3) is 6.12. The van der Waals surface area contributed by atoms with E-state index in [-0.39, 0.29) is 11.9 Å². The van der Waals surface area contributed by atoms with E-state index in [1.54, 1.807) is 12.1 Å². The second-order valence-electron chi connectivity index (χ2n) is 4.61. The molecule has 0 heterocycles. The Bertz CT molecular complexity index is 330. The zero-order valence-electron chi connectivity index (χ0n) is 11.4. The maximum Gasteiger partial charge on any atom is 0.128 e. The highest BCUT2D eigenvalue weighted by atomic mass is 19.1. The van der Waals surface area contributed by atoms with Crippen LogP contribution in [-0.2, 0) is 11.3 Å². The summed E-state index contributed by atoms with van der Waals surface area (Å²) in [6.45, 7) is 6.66. The second-order valence-corrected chi connectivity index (χ2v) is 4.61. The summed E-state index contributed by atoms with van der Waals surface area (Å²) in [4.78, 5) is 0. The molecule has 1 N–H and O–H groups in total. The van der Waals surface area contributed by atoms with E-state index in [0.29, 0.717) is 12.2 Å². The van der Waals surface area contributed by atoms with Crippen molar-refractivity contribution in [2.24, 2.45) is 0 Å². The maximum atomic E-state index is 13.3. The third-order valence-electron chi connectivity index (χ3n) is 2.87. The van der Waals surface area contributed by atoms with Crippen LogP contribution >= 0.6 is 0 Å². The molecule has 0 spiro atoms. The van der Waals surface area contributed by atoms with E-state index in [4.69, 9.17) is 4.74 Å². The zero-order chi connectivity index (χ0) is 13.2. The quantitative estimate of drug-likeness (QED) is 0.680. The van der Waals surface area contributed by atoms with Crippen molar-refractivity contribution in [3.05, 3.63) is 35.6 Å². The van der Waals surface area contributed by atoms with Gasteiger partial charge in [0, 0.05) is 5.56 Å². The molecule has 0 saturated carbocycles. The Morgan fingerprint density at radius 3 is 2.78 bits per heavy atom. The Kier molecular flexibility index (Phi) is 7.62. The normalized spacial score (nSPS) is 12.6. The van der Waals surface area contributed by atoms with Crippen molar-refractivity contribution in [2.75, 3.05) is 13.1 Å². The van der Waals surface area contributed by atoms with Gasteiger partial charge in [-0.1, -0.05) is 25.1 Å².